The monoisotopic (exact) mass is 762 g/mol. The Kier molecular flexibility index (Phi) is 12.3. The molecule has 3 nitrogen and oxygen atoms in total. The Hall–Kier alpha value is -3.24. The van der Waals surface area contributed by atoms with Crippen LogP contribution in [0.5, 0.6) is 0 Å². The summed E-state index contributed by atoms with van der Waals surface area (Å²) < 4.78 is 0. The molecule has 0 aliphatic heterocycles. The van der Waals surface area contributed by atoms with E-state index >= 15 is 0 Å². The molecule has 0 spiro atoms. The maximum atomic E-state index is 4.65. The molecule has 0 aliphatic carbocycles. The molecule has 0 aliphatic rings. The molecule has 5 aromatic rings. The van der Waals surface area contributed by atoms with Crippen molar-refractivity contribution in [1.29, 1.82) is 0 Å². The smallest absolute Gasteiger partial charge is 0.0798 e. The Morgan fingerprint density at radius 1 is 0.791 bits per heavy atom. The van der Waals surface area contributed by atoms with E-state index in [0.29, 0.717) is 11.8 Å². The third-order valence-electron chi connectivity index (χ3n) is 7.29. The Bertz CT molecular complexity index is 1580. The largest absolute Gasteiger partial charge is 0.360 e. The fraction of sp³-hybridized carbons (Fsp3) is 0.289. The van der Waals surface area contributed by atoms with E-state index in [0.717, 1.165) is 28.9 Å². The van der Waals surface area contributed by atoms with Gasteiger partial charge in [0, 0.05) is 32.5 Å². The first-order valence-corrected chi connectivity index (χ1v) is 18.4. The number of nitrogens with zero attached hydrogens (tertiary/aromatic N) is 3. The van der Waals surface area contributed by atoms with E-state index in [9.17, 15) is 0 Å². The molecule has 0 fully saturated rings. The molecule has 0 saturated heterocycles. The molecule has 0 atom stereocenters. The molecular weight excluding hydrogens is 719 g/mol. The van der Waals surface area contributed by atoms with Gasteiger partial charge in [-0.2, -0.15) is 0 Å². The summed E-state index contributed by atoms with van der Waals surface area (Å²) in [7, 11) is -1.36. The molecule has 0 saturated carbocycles. The van der Waals surface area contributed by atoms with E-state index < -0.39 is 8.07 Å². The van der Waals surface area contributed by atoms with Gasteiger partial charge >= 0.3 is 0 Å². The number of aryl methyl sites for hydroxylation is 1. The summed E-state index contributed by atoms with van der Waals surface area (Å²) >= 11 is 0. The van der Waals surface area contributed by atoms with Crippen molar-refractivity contribution in [2.45, 2.75) is 66.6 Å². The predicted octanol–water partition coefficient (Wildman–Crippen LogP) is 9.33. The molecule has 5 heteroatoms. The van der Waals surface area contributed by atoms with Crippen molar-refractivity contribution in [2.75, 3.05) is 0 Å². The second kappa shape index (κ2) is 15.5. The Labute approximate surface area is 273 Å². The molecule has 43 heavy (non-hydrogen) atoms. The summed E-state index contributed by atoms with van der Waals surface area (Å²) in [6.45, 7) is 18.2. The third-order valence-corrected chi connectivity index (χ3v) is 9.35. The van der Waals surface area contributed by atoms with E-state index in [4.69, 9.17) is 0 Å². The first-order chi connectivity index (χ1) is 20.0. The summed E-state index contributed by atoms with van der Waals surface area (Å²) in [5, 5.41) is 1.47. The number of rotatable bonds is 7. The van der Waals surface area contributed by atoms with Crippen LogP contribution in [0.15, 0.2) is 91.4 Å². The second-order valence-corrected chi connectivity index (χ2v) is 17.7. The zero-order chi connectivity index (χ0) is 30.3. The zero-order valence-electron chi connectivity index (χ0n) is 26.7. The van der Waals surface area contributed by atoms with Gasteiger partial charge in [0.15, 0.2) is 0 Å². The summed E-state index contributed by atoms with van der Waals surface area (Å²) in [5.41, 5.74) is 10.4. The minimum Gasteiger partial charge on any atom is -0.360 e. The van der Waals surface area contributed by atoms with Crippen molar-refractivity contribution in [3.8, 4) is 33.6 Å². The van der Waals surface area contributed by atoms with Crippen LogP contribution < -0.4 is 5.19 Å². The molecule has 3 heterocycles. The van der Waals surface area contributed by atoms with Crippen LogP contribution >= 0.6 is 0 Å². The van der Waals surface area contributed by atoms with Crippen molar-refractivity contribution in [1.82, 2.24) is 15.0 Å². The first kappa shape index (κ1) is 34.2. The number of benzene rings is 2. The van der Waals surface area contributed by atoms with Gasteiger partial charge in [-0.15, -0.1) is 53.6 Å². The predicted molar refractivity (Wildman–Crippen MR) is 181 cm³/mol. The summed E-state index contributed by atoms with van der Waals surface area (Å²) in [6, 6.07) is 28.4. The Balaban J connectivity index is 0.000000231. The van der Waals surface area contributed by atoms with Crippen molar-refractivity contribution in [3.05, 3.63) is 120 Å². The molecule has 2 aromatic carbocycles. The standard InChI is InChI=1S/C21H20N.C17H23N2Si.Ir/c1-15(2)17-9-11-18(12-10-17)20-13-21(22-14-16(20)3)19-7-5-4-6-8-19;1-13(2)9-15-10-16(14-7-6-8-18-11-14)19-12-17(15)20(3,4)5;/h4-7,9-15H,1-3H3;6-8,10,12-13H,9H2,1-5H3;/q2*-1;. The SMILES string of the molecule is CC(C)Cc1cc(-c2[c-]nccc2)ncc1[Si](C)(C)C.Cc1cnc(-c2[c-]cccc2)cc1-c1ccc(C(C)C)cc1.[Ir]. The maximum Gasteiger partial charge on any atom is 0.0798 e. The van der Waals surface area contributed by atoms with Gasteiger partial charge in [-0.1, -0.05) is 95.5 Å². The van der Waals surface area contributed by atoms with Gasteiger partial charge in [-0.3, -0.25) is 0 Å². The summed E-state index contributed by atoms with van der Waals surface area (Å²) in [6.07, 6.45) is 9.90. The van der Waals surface area contributed by atoms with Crippen LogP contribution in [-0.4, -0.2) is 23.0 Å². The van der Waals surface area contributed by atoms with E-state index in [1.165, 1.54) is 33.0 Å². The average Bonchev–Trinajstić information content (AvgIpc) is 2.98. The number of aromatic nitrogens is 3. The van der Waals surface area contributed by atoms with Crippen LogP contribution in [0.2, 0.25) is 19.6 Å². The maximum absolute atomic E-state index is 4.65. The number of hydrogen-bond acceptors (Lipinski definition) is 3. The van der Waals surface area contributed by atoms with Gasteiger partial charge in [0.25, 0.3) is 0 Å². The molecule has 1 radical (unpaired) electrons. The van der Waals surface area contributed by atoms with Crippen LogP contribution in [0.3, 0.4) is 0 Å². The topological polar surface area (TPSA) is 38.7 Å². The summed E-state index contributed by atoms with van der Waals surface area (Å²) in [5.74, 6) is 1.21. The average molecular weight is 762 g/mol. The molecule has 0 unspecified atom stereocenters. The molecule has 0 N–H and O–H groups in total. The van der Waals surface area contributed by atoms with Gasteiger partial charge in [-0.05, 0) is 70.2 Å². The number of pyridine rings is 3. The Morgan fingerprint density at radius 2 is 1.47 bits per heavy atom. The van der Waals surface area contributed by atoms with Crippen LogP contribution in [0.25, 0.3) is 33.6 Å². The van der Waals surface area contributed by atoms with Gasteiger partial charge in [-0.25, -0.2) is 0 Å². The van der Waals surface area contributed by atoms with Crippen molar-refractivity contribution in [2.24, 2.45) is 5.92 Å². The van der Waals surface area contributed by atoms with Gasteiger partial charge in [0.2, 0.25) is 0 Å². The first-order valence-electron chi connectivity index (χ1n) is 14.9. The van der Waals surface area contributed by atoms with Crippen LogP contribution in [0, 0.1) is 25.1 Å². The molecular formula is C38H43IrN3Si-2. The molecule has 3 aromatic heterocycles. The molecule has 0 amide bonds. The van der Waals surface area contributed by atoms with Crippen molar-refractivity contribution >= 4 is 13.3 Å². The van der Waals surface area contributed by atoms with Gasteiger partial charge in [0.05, 0.1) is 8.07 Å². The quantitative estimate of drug-likeness (QED) is 0.123. The van der Waals surface area contributed by atoms with E-state index in [2.05, 4.69) is 124 Å². The normalized spacial score (nSPS) is 11.1. The molecule has 0 bridgehead atoms. The van der Waals surface area contributed by atoms with E-state index in [-0.39, 0.29) is 20.1 Å². The van der Waals surface area contributed by atoms with Crippen LogP contribution in [-0.2, 0) is 26.5 Å². The number of hydrogen-bond donors (Lipinski definition) is 0. The Morgan fingerprint density at radius 3 is 2.05 bits per heavy atom. The fourth-order valence-electron chi connectivity index (χ4n) is 4.98. The van der Waals surface area contributed by atoms with Gasteiger partial charge < -0.3 is 15.0 Å². The van der Waals surface area contributed by atoms with Gasteiger partial charge in [0.1, 0.15) is 0 Å². The fourth-order valence-corrected chi connectivity index (χ4v) is 6.57. The molecule has 225 valence electrons. The molecule has 5 rings (SSSR count). The van der Waals surface area contributed by atoms with Crippen molar-refractivity contribution in [3.63, 3.8) is 0 Å². The minimum atomic E-state index is -1.36. The second-order valence-electron chi connectivity index (χ2n) is 12.7. The van der Waals surface area contributed by atoms with E-state index in [1.54, 1.807) is 6.20 Å². The minimum absolute atomic E-state index is 0. The van der Waals surface area contributed by atoms with Crippen LogP contribution in [0.4, 0.5) is 0 Å². The third kappa shape index (κ3) is 9.37. The van der Waals surface area contributed by atoms with E-state index in [1.807, 2.05) is 42.6 Å². The van der Waals surface area contributed by atoms with Crippen LogP contribution in [0.1, 0.15) is 50.3 Å². The zero-order valence-corrected chi connectivity index (χ0v) is 30.1. The van der Waals surface area contributed by atoms with Crippen molar-refractivity contribution < 1.29 is 20.1 Å². The summed E-state index contributed by atoms with van der Waals surface area (Å²) in [4.78, 5) is 13.3.